The first-order chi connectivity index (χ1) is 5.04. The Labute approximate surface area is 64.9 Å². The minimum atomic E-state index is -0.331. The molecular weight excluding hydrogens is 142 g/mol. The molecule has 0 fully saturated rings. The molecule has 0 spiro atoms. The van der Waals surface area contributed by atoms with Crippen molar-refractivity contribution in [1.29, 1.82) is 0 Å². The number of nitrogens with zero attached hydrogens (tertiary/aromatic N) is 1. The van der Waals surface area contributed by atoms with Crippen LogP contribution in [0.25, 0.3) is 0 Å². The summed E-state index contributed by atoms with van der Waals surface area (Å²) < 4.78 is 1.42. The van der Waals surface area contributed by atoms with Crippen molar-refractivity contribution >= 4 is 0 Å². The van der Waals surface area contributed by atoms with Gasteiger partial charge in [0.15, 0.2) is 5.75 Å². The number of aromatic nitrogens is 1. The standard InChI is InChI=1S/C8H11NO2/c1-5-4-6(2)9(3)8(11)7(5)10/h4,10H,1-3H3. The molecule has 1 aromatic heterocycles. The van der Waals surface area contributed by atoms with E-state index in [-0.39, 0.29) is 11.3 Å². The molecule has 0 aliphatic heterocycles. The summed E-state index contributed by atoms with van der Waals surface area (Å²) in [6.07, 6.45) is 0. The molecule has 1 rings (SSSR count). The Morgan fingerprint density at radius 2 is 2.00 bits per heavy atom. The molecule has 0 saturated carbocycles. The van der Waals surface area contributed by atoms with E-state index in [1.54, 1.807) is 20.0 Å². The zero-order chi connectivity index (χ0) is 8.59. The third-order valence-corrected chi connectivity index (χ3v) is 1.84. The molecule has 60 valence electrons. The van der Waals surface area contributed by atoms with Crippen LogP contribution < -0.4 is 5.56 Å². The molecular formula is C8H11NO2. The first-order valence-corrected chi connectivity index (χ1v) is 3.40. The molecule has 11 heavy (non-hydrogen) atoms. The molecule has 0 saturated heterocycles. The van der Waals surface area contributed by atoms with E-state index in [0.717, 1.165) is 5.69 Å². The summed E-state index contributed by atoms with van der Waals surface area (Å²) in [5.41, 5.74) is 1.15. The number of aryl methyl sites for hydroxylation is 2. The van der Waals surface area contributed by atoms with E-state index in [9.17, 15) is 9.90 Å². The van der Waals surface area contributed by atoms with Crippen molar-refractivity contribution in [3.05, 3.63) is 27.7 Å². The van der Waals surface area contributed by atoms with Crippen molar-refractivity contribution in [2.45, 2.75) is 13.8 Å². The molecule has 1 aromatic rings. The Balaban J connectivity index is 3.59. The summed E-state index contributed by atoms with van der Waals surface area (Å²) in [5, 5.41) is 9.18. The van der Waals surface area contributed by atoms with E-state index < -0.39 is 0 Å². The Bertz CT molecular complexity index is 309. The molecule has 1 heterocycles. The highest BCUT2D eigenvalue weighted by Crippen LogP contribution is 2.09. The van der Waals surface area contributed by atoms with E-state index in [4.69, 9.17) is 0 Å². The topological polar surface area (TPSA) is 42.2 Å². The summed E-state index contributed by atoms with van der Waals surface area (Å²) in [5.74, 6) is -0.155. The van der Waals surface area contributed by atoms with Crippen LogP contribution in [0.4, 0.5) is 0 Å². The fourth-order valence-corrected chi connectivity index (χ4v) is 0.966. The van der Waals surface area contributed by atoms with Crippen LogP contribution in [0.5, 0.6) is 5.75 Å². The summed E-state index contributed by atoms with van der Waals surface area (Å²) in [6, 6.07) is 1.77. The molecule has 3 nitrogen and oxygen atoms in total. The van der Waals surface area contributed by atoms with Crippen molar-refractivity contribution in [2.75, 3.05) is 0 Å². The van der Waals surface area contributed by atoms with Gasteiger partial charge in [-0.1, -0.05) is 0 Å². The largest absolute Gasteiger partial charge is 0.503 e. The van der Waals surface area contributed by atoms with Crippen LogP contribution in [0, 0.1) is 13.8 Å². The average Bonchev–Trinajstić information content (AvgIpc) is 1.97. The van der Waals surface area contributed by atoms with Crippen LogP contribution in [0.2, 0.25) is 0 Å². The van der Waals surface area contributed by atoms with Crippen LogP contribution in [0.3, 0.4) is 0 Å². The van der Waals surface area contributed by atoms with Crippen molar-refractivity contribution in [3.8, 4) is 5.75 Å². The highest BCUT2D eigenvalue weighted by Gasteiger charge is 2.04. The molecule has 3 heteroatoms. The van der Waals surface area contributed by atoms with Gasteiger partial charge in [-0.25, -0.2) is 0 Å². The molecule has 0 bridgehead atoms. The summed E-state index contributed by atoms with van der Waals surface area (Å²) >= 11 is 0. The molecule has 0 unspecified atom stereocenters. The monoisotopic (exact) mass is 153 g/mol. The Hall–Kier alpha value is -1.25. The summed E-state index contributed by atoms with van der Waals surface area (Å²) in [7, 11) is 1.64. The van der Waals surface area contributed by atoms with Gasteiger partial charge in [-0.2, -0.15) is 0 Å². The van der Waals surface area contributed by atoms with Gasteiger partial charge >= 0.3 is 0 Å². The van der Waals surface area contributed by atoms with E-state index in [1.165, 1.54) is 4.57 Å². The molecule has 0 aliphatic rings. The second kappa shape index (κ2) is 2.42. The van der Waals surface area contributed by atoms with Gasteiger partial charge in [-0.15, -0.1) is 0 Å². The third-order valence-electron chi connectivity index (χ3n) is 1.84. The first-order valence-electron chi connectivity index (χ1n) is 3.40. The Morgan fingerprint density at radius 3 is 2.55 bits per heavy atom. The average molecular weight is 153 g/mol. The minimum Gasteiger partial charge on any atom is -0.503 e. The molecule has 0 amide bonds. The van der Waals surface area contributed by atoms with Crippen molar-refractivity contribution in [1.82, 2.24) is 4.57 Å². The lowest BCUT2D eigenvalue weighted by Crippen LogP contribution is -2.18. The first kappa shape index (κ1) is 7.85. The fourth-order valence-electron chi connectivity index (χ4n) is 0.966. The van der Waals surface area contributed by atoms with Gasteiger partial charge in [0.1, 0.15) is 0 Å². The maximum atomic E-state index is 11.1. The van der Waals surface area contributed by atoms with Gasteiger partial charge in [0.2, 0.25) is 0 Å². The maximum absolute atomic E-state index is 11.1. The number of pyridine rings is 1. The summed E-state index contributed by atoms with van der Waals surface area (Å²) in [6.45, 7) is 3.54. The number of aromatic hydroxyl groups is 1. The van der Waals surface area contributed by atoms with Crippen LogP contribution in [-0.4, -0.2) is 9.67 Å². The maximum Gasteiger partial charge on any atom is 0.292 e. The number of rotatable bonds is 0. The van der Waals surface area contributed by atoms with E-state index in [1.807, 2.05) is 6.92 Å². The number of hydrogen-bond acceptors (Lipinski definition) is 2. The van der Waals surface area contributed by atoms with Gasteiger partial charge in [-0.05, 0) is 25.5 Å². The van der Waals surface area contributed by atoms with Gasteiger partial charge in [-0.3, -0.25) is 4.79 Å². The van der Waals surface area contributed by atoms with Gasteiger partial charge in [0.05, 0.1) is 0 Å². The highest BCUT2D eigenvalue weighted by atomic mass is 16.3. The minimum absolute atomic E-state index is 0.155. The van der Waals surface area contributed by atoms with E-state index in [2.05, 4.69) is 0 Å². The predicted molar refractivity (Wildman–Crippen MR) is 42.8 cm³/mol. The second-order valence-electron chi connectivity index (χ2n) is 2.68. The molecule has 0 aromatic carbocycles. The lowest BCUT2D eigenvalue weighted by Gasteiger charge is -2.05. The normalized spacial score (nSPS) is 10.1. The Kier molecular flexibility index (Phi) is 1.72. The van der Waals surface area contributed by atoms with Gasteiger partial charge in [0.25, 0.3) is 5.56 Å². The van der Waals surface area contributed by atoms with Crippen LogP contribution >= 0.6 is 0 Å². The zero-order valence-corrected chi connectivity index (χ0v) is 6.88. The molecule has 0 aliphatic carbocycles. The lowest BCUT2D eigenvalue weighted by atomic mass is 10.2. The smallest absolute Gasteiger partial charge is 0.292 e. The van der Waals surface area contributed by atoms with Crippen molar-refractivity contribution < 1.29 is 5.11 Å². The quantitative estimate of drug-likeness (QED) is 0.596. The highest BCUT2D eigenvalue weighted by molar-refractivity contribution is 5.30. The van der Waals surface area contributed by atoms with E-state index in [0.29, 0.717) is 5.56 Å². The molecule has 1 N–H and O–H groups in total. The molecule has 0 radical (unpaired) electrons. The van der Waals surface area contributed by atoms with Crippen LogP contribution in [0.1, 0.15) is 11.3 Å². The summed E-state index contributed by atoms with van der Waals surface area (Å²) in [4.78, 5) is 11.1. The number of hydrogen-bond donors (Lipinski definition) is 1. The molecule has 0 atom stereocenters. The third kappa shape index (κ3) is 1.13. The van der Waals surface area contributed by atoms with Crippen molar-refractivity contribution in [2.24, 2.45) is 7.05 Å². The van der Waals surface area contributed by atoms with Gasteiger partial charge in [0, 0.05) is 12.7 Å². The fraction of sp³-hybridized carbons (Fsp3) is 0.375. The Morgan fingerprint density at radius 1 is 1.45 bits per heavy atom. The lowest BCUT2D eigenvalue weighted by molar-refractivity contribution is 0.455. The van der Waals surface area contributed by atoms with Crippen molar-refractivity contribution in [3.63, 3.8) is 0 Å². The van der Waals surface area contributed by atoms with Crippen LogP contribution in [0.15, 0.2) is 10.9 Å². The zero-order valence-electron chi connectivity index (χ0n) is 6.88. The van der Waals surface area contributed by atoms with Crippen LogP contribution in [-0.2, 0) is 7.05 Å². The SMILES string of the molecule is Cc1cc(C)n(C)c(=O)c1O. The van der Waals surface area contributed by atoms with E-state index >= 15 is 0 Å². The van der Waals surface area contributed by atoms with Gasteiger partial charge < -0.3 is 9.67 Å². The predicted octanol–water partition coefficient (Wildman–Crippen LogP) is 0.708. The second-order valence-corrected chi connectivity index (χ2v) is 2.68.